The van der Waals surface area contributed by atoms with E-state index in [1.54, 1.807) is 12.1 Å². The first-order valence-corrected chi connectivity index (χ1v) is 5.84. The van der Waals surface area contributed by atoms with E-state index in [0.717, 1.165) is 23.9 Å². The van der Waals surface area contributed by atoms with Crippen LogP contribution in [0.3, 0.4) is 0 Å². The van der Waals surface area contributed by atoms with Gasteiger partial charge in [0.1, 0.15) is 11.6 Å². The maximum Gasteiger partial charge on any atom is 0.214 e. The van der Waals surface area contributed by atoms with Crippen molar-refractivity contribution in [2.24, 2.45) is 0 Å². The number of nitrogen functional groups attached to an aromatic ring is 1. The van der Waals surface area contributed by atoms with Gasteiger partial charge in [0.2, 0.25) is 5.88 Å². The molecule has 0 unspecified atom stereocenters. The minimum atomic E-state index is -0.687. The zero-order chi connectivity index (χ0) is 13.1. The first-order chi connectivity index (χ1) is 8.60. The van der Waals surface area contributed by atoms with E-state index in [4.69, 9.17) is 10.5 Å². The van der Waals surface area contributed by atoms with E-state index in [1.807, 2.05) is 0 Å². The number of aromatic nitrogens is 1. The molecule has 0 radical (unpaired) electrons. The van der Waals surface area contributed by atoms with Crippen LogP contribution in [0.5, 0.6) is 5.88 Å². The molecule has 0 spiro atoms. The molecule has 0 atom stereocenters. The molecule has 6 heteroatoms. The molecule has 0 saturated carbocycles. The van der Waals surface area contributed by atoms with Crippen LogP contribution in [0.2, 0.25) is 0 Å². The summed E-state index contributed by atoms with van der Waals surface area (Å²) in [4.78, 5) is 4.44. The van der Waals surface area contributed by atoms with E-state index < -0.39 is 11.6 Å². The molecule has 3 nitrogen and oxygen atoms in total. The number of nitrogens with two attached hydrogens (primary N) is 1. The van der Waals surface area contributed by atoms with Gasteiger partial charge in [-0.15, -0.1) is 0 Å². The minimum Gasteiger partial charge on any atom is -0.481 e. The Morgan fingerprint density at radius 1 is 1.22 bits per heavy atom. The smallest absolute Gasteiger partial charge is 0.214 e. The molecular formula is C12H10F2N2OS. The van der Waals surface area contributed by atoms with E-state index >= 15 is 0 Å². The molecule has 0 bridgehead atoms. The lowest BCUT2D eigenvalue weighted by atomic mass is 10.3. The lowest BCUT2D eigenvalue weighted by molar-refractivity contribution is 0.396. The number of anilines is 1. The molecule has 0 aliphatic rings. The molecular weight excluding hydrogens is 258 g/mol. The number of pyridine rings is 1. The van der Waals surface area contributed by atoms with Crippen molar-refractivity contribution in [2.45, 2.75) is 9.79 Å². The van der Waals surface area contributed by atoms with Crippen LogP contribution in [0, 0.1) is 11.6 Å². The molecule has 2 N–H and O–H groups in total. The first kappa shape index (κ1) is 12.6. The summed E-state index contributed by atoms with van der Waals surface area (Å²) < 4.78 is 32.1. The Balaban J connectivity index is 2.33. The van der Waals surface area contributed by atoms with Crippen molar-refractivity contribution >= 4 is 17.4 Å². The molecule has 0 saturated heterocycles. The zero-order valence-electron chi connectivity index (χ0n) is 9.48. The largest absolute Gasteiger partial charge is 0.481 e. The van der Waals surface area contributed by atoms with E-state index in [0.29, 0.717) is 10.8 Å². The van der Waals surface area contributed by atoms with Crippen LogP contribution in [0.1, 0.15) is 0 Å². The minimum absolute atomic E-state index is 0.0571. The van der Waals surface area contributed by atoms with Crippen LogP contribution in [0.4, 0.5) is 14.5 Å². The molecule has 2 rings (SSSR count). The molecule has 0 amide bonds. The molecule has 2 aromatic rings. The summed E-state index contributed by atoms with van der Waals surface area (Å²) in [5.41, 5.74) is 5.41. The van der Waals surface area contributed by atoms with Crippen molar-refractivity contribution in [3.63, 3.8) is 0 Å². The fraction of sp³-hybridized carbons (Fsp3) is 0.0833. The van der Waals surface area contributed by atoms with Crippen molar-refractivity contribution in [2.75, 3.05) is 12.8 Å². The van der Waals surface area contributed by atoms with E-state index in [1.165, 1.54) is 13.3 Å². The number of halogens is 2. The molecule has 0 aliphatic heterocycles. The van der Waals surface area contributed by atoms with Crippen LogP contribution >= 0.6 is 11.8 Å². The van der Waals surface area contributed by atoms with Gasteiger partial charge in [0.15, 0.2) is 0 Å². The van der Waals surface area contributed by atoms with Crippen LogP contribution in [0.25, 0.3) is 0 Å². The topological polar surface area (TPSA) is 48.1 Å². The predicted octanol–water partition coefficient (Wildman–Crippen LogP) is 3.10. The number of hydrogen-bond acceptors (Lipinski definition) is 4. The van der Waals surface area contributed by atoms with Crippen molar-refractivity contribution in [1.82, 2.24) is 4.98 Å². The number of rotatable bonds is 3. The van der Waals surface area contributed by atoms with E-state index in [2.05, 4.69) is 4.98 Å². The van der Waals surface area contributed by atoms with Gasteiger partial charge in [0, 0.05) is 22.8 Å². The van der Waals surface area contributed by atoms with Crippen LogP contribution < -0.4 is 10.5 Å². The molecule has 0 aliphatic carbocycles. The molecule has 94 valence electrons. The van der Waals surface area contributed by atoms with Gasteiger partial charge in [-0.05, 0) is 18.2 Å². The second-order valence-electron chi connectivity index (χ2n) is 3.45. The fourth-order valence-corrected chi connectivity index (χ4v) is 2.20. The predicted molar refractivity (Wildman–Crippen MR) is 65.7 cm³/mol. The van der Waals surface area contributed by atoms with Crippen LogP contribution in [0.15, 0.2) is 40.3 Å². The highest BCUT2D eigenvalue weighted by atomic mass is 32.2. The third kappa shape index (κ3) is 2.70. The van der Waals surface area contributed by atoms with Gasteiger partial charge >= 0.3 is 0 Å². The average Bonchev–Trinajstić information content (AvgIpc) is 2.34. The first-order valence-electron chi connectivity index (χ1n) is 5.02. The Hall–Kier alpha value is -1.82. The Kier molecular flexibility index (Phi) is 3.66. The molecule has 0 fully saturated rings. The van der Waals surface area contributed by atoms with E-state index in [-0.39, 0.29) is 10.6 Å². The third-order valence-electron chi connectivity index (χ3n) is 2.16. The fourth-order valence-electron chi connectivity index (χ4n) is 1.36. The SMILES string of the molecule is COc1cc(Sc2c(F)cc(N)cc2F)ccn1. The van der Waals surface area contributed by atoms with Gasteiger partial charge in [-0.25, -0.2) is 13.8 Å². The quantitative estimate of drug-likeness (QED) is 0.869. The van der Waals surface area contributed by atoms with Gasteiger partial charge < -0.3 is 10.5 Å². The standard InChI is InChI=1S/C12H10F2N2OS/c1-17-11-6-8(2-3-16-11)18-12-9(13)4-7(15)5-10(12)14/h2-6H,15H2,1H3. The molecule has 1 heterocycles. The summed E-state index contributed by atoms with van der Waals surface area (Å²) in [6, 6.07) is 5.41. The number of benzene rings is 1. The zero-order valence-corrected chi connectivity index (χ0v) is 10.3. The maximum atomic E-state index is 13.6. The van der Waals surface area contributed by atoms with Gasteiger partial charge in [0.25, 0.3) is 0 Å². The average molecular weight is 268 g/mol. The molecule has 18 heavy (non-hydrogen) atoms. The Labute approximate surface area is 107 Å². The summed E-state index contributed by atoms with van der Waals surface area (Å²) in [5.74, 6) is -0.988. The van der Waals surface area contributed by atoms with Crippen molar-refractivity contribution < 1.29 is 13.5 Å². The van der Waals surface area contributed by atoms with Gasteiger partial charge in [-0.1, -0.05) is 11.8 Å². The number of nitrogens with zero attached hydrogens (tertiary/aromatic N) is 1. The number of hydrogen-bond donors (Lipinski definition) is 1. The van der Waals surface area contributed by atoms with Crippen molar-refractivity contribution in [3.05, 3.63) is 42.1 Å². The summed E-state index contributed by atoms with van der Waals surface area (Å²) in [5, 5.41) is 0. The highest BCUT2D eigenvalue weighted by Crippen LogP contribution is 2.34. The number of methoxy groups -OCH3 is 1. The Morgan fingerprint density at radius 2 is 1.89 bits per heavy atom. The Morgan fingerprint density at radius 3 is 2.50 bits per heavy atom. The summed E-state index contributed by atoms with van der Waals surface area (Å²) >= 11 is 0.954. The maximum absolute atomic E-state index is 13.6. The molecule has 1 aromatic heterocycles. The van der Waals surface area contributed by atoms with Gasteiger partial charge in [-0.2, -0.15) is 0 Å². The van der Waals surface area contributed by atoms with Crippen LogP contribution in [-0.4, -0.2) is 12.1 Å². The lowest BCUT2D eigenvalue weighted by Gasteiger charge is -2.06. The van der Waals surface area contributed by atoms with Crippen LogP contribution in [-0.2, 0) is 0 Å². The highest BCUT2D eigenvalue weighted by molar-refractivity contribution is 7.99. The Bertz CT molecular complexity index is 555. The monoisotopic (exact) mass is 268 g/mol. The van der Waals surface area contributed by atoms with E-state index in [9.17, 15) is 8.78 Å². The van der Waals surface area contributed by atoms with Gasteiger partial charge in [-0.3, -0.25) is 0 Å². The summed E-state index contributed by atoms with van der Waals surface area (Å²) in [7, 11) is 1.47. The molecule has 1 aromatic carbocycles. The van der Waals surface area contributed by atoms with Crippen molar-refractivity contribution in [3.8, 4) is 5.88 Å². The second kappa shape index (κ2) is 5.22. The highest BCUT2D eigenvalue weighted by Gasteiger charge is 2.12. The summed E-state index contributed by atoms with van der Waals surface area (Å²) in [6.45, 7) is 0. The second-order valence-corrected chi connectivity index (χ2v) is 4.53. The third-order valence-corrected chi connectivity index (χ3v) is 3.24. The lowest BCUT2D eigenvalue weighted by Crippen LogP contribution is -1.93. The van der Waals surface area contributed by atoms with Gasteiger partial charge in [0.05, 0.1) is 12.0 Å². The summed E-state index contributed by atoms with van der Waals surface area (Å²) in [6.07, 6.45) is 1.51. The number of ether oxygens (including phenoxy) is 1. The van der Waals surface area contributed by atoms with Crippen molar-refractivity contribution in [1.29, 1.82) is 0 Å². The normalized spacial score (nSPS) is 10.4.